The number of aldehydes is 2. The molecule has 2 aromatic carbocycles. The zero-order valence-corrected chi connectivity index (χ0v) is 21.8. The number of rotatable bonds is 8. The number of azo groups is 2. The molecule has 0 fully saturated rings. The Morgan fingerprint density at radius 2 is 1.09 bits per heavy atom. The van der Waals surface area contributed by atoms with E-state index in [1.165, 1.54) is 14.2 Å². The van der Waals surface area contributed by atoms with Crippen molar-refractivity contribution < 1.29 is 79.1 Å². The standard InChI is InChI=1S/C21H17N5O4.3ClH.Cr.H2O/c1-29-18-8-6-14(12-27)10-16(18)23-25-20-4-3-5-21(22-20)26-24-17-11-15(13-28)7-9-19(17)30-2;;;;;/h3-13H,1-2H3;3*1H;;1H2/q;;;;+3;/p-3. The van der Waals surface area contributed by atoms with Crippen LogP contribution >= 0.6 is 0 Å². The van der Waals surface area contributed by atoms with Gasteiger partial charge in [0.25, 0.3) is 0 Å². The van der Waals surface area contributed by atoms with Gasteiger partial charge in [-0.15, -0.1) is 20.5 Å². The van der Waals surface area contributed by atoms with Crippen LogP contribution in [0.4, 0.5) is 23.0 Å². The van der Waals surface area contributed by atoms with Crippen LogP contribution < -0.4 is 46.7 Å². The molecule has 0 saturated heterocycles. The van der Waals surface area contributed by atoms with Crippen molar-refractivity contribution in [2.75, 3.05) is 14.2 Å². The molecule has 0 unspecified atom stereocenters. The second-order valence-corrected chi connectivity index (χ2v) is 5.85. The van der Waals surface area contributed by atoms with E-state index in [1.54, 1.807) is 54.6 Å². The average molecular weight is 580 g/mol. The fourth-order valence-electron chi connectivity index (χ4n) is 2.45. The van der Waals surface area contributed by atoms with Crippen molar-refractivity contribution in [3.05, 3.63) is 65.7 Å². The first-order chi connectivity index (χ1) is 14.7. The predicted octanol–water partition coefficient (Wildman–Crippen LogP) is -4.26. The normalized spacial score (nSPS) is 9.43. The second-order valence-electron chi connectivity index (χ2n) is 5.85. The molecule has 1 radical (unpaired) electrons. The number of hydrogen-bond acceptors (Lipinski definition) is 9. The number of nitrogens with zero attached hydrogens (tertiary/aromatic N) is 5. The number of pyridine rings is 1. The van der Waals surface area contributed by atoms with Crippen LogP contribution in [0.15, 0.2) is 75.1 Å². The summed E-state index contributed by atoms with van der Waals surface area (Å²) in [6, 6.07) is 14.6. The van der Waals surface area contributed by atoms with Crippen molar-refractivity contribution in [2.45, 2.75) is 0 Å². The minimum atomic E-state index is 0. The summed E-state index contributed by atoms with van der Waals surface area (Å²) in [5.74, 6) is 1.53. The van der Waals surface area contributed by atoms with E-state index in [1.807, 2.05) is 0 Å². The largest absolute Gasteiger partial charge is 3.00 e. The number of carbonyl (C=O) groups is 2. The van der Waals surface area contributed by atoms with Gasteiger partial charge in [0.05, 0.1) is 14.2 Å². The first-order valence-electron chi connectivity index (χ1n) is 8.74. The Kier molecular flexibility index (Phi) is 19.3. The van der Waals surface area contributed by atoms with Gasteiger partial charge in [0.2, 0.25) is 0 Å². The van der Waals surface area contributed by atoms with Crippen LogP contribution in [-0.2, 0) is 17.4 Å². The molecule has 0 amide bonds. The molecule has 14 heteroatoms. The third-order valence-corrected chi connectivity index (χ3v) is 3.92. The Morgan fingerprint density at radius 1 is 0.686 bits per heavy atom. The van der Waals surface area contributed by atoms with Gasteiger partial charge in [-0.05, 0) is 48.5 Å². The monoisotopic (exact) mass is 578 g/mol. The number of halogens is 3. The van der Waals surface area contributed by atoms with E-state index in [9.17, 15) is 9.59 Å². The first-order valence-corrected chi connectivity index (χ1v) is 8.74. The molecule has 0 aliphatic heterocycles. The van der Waals surface area contributed by atoms with Gasteiger partial charge >= 0.3 is 17.4 Å². The SMILES string of the molecule is COc1ccc(C=O)cc1N=Nc1cccc(N=Nc2cc(C=O)ccc2OC)n1.O.[Cl-].[Cl-].[Cl-].[Cr+3]. The molecule has 1 aromatic heterocycles. The van der Waals surface area contributed by atoms with Crippen molar-refractivity contribution in [3.8, 4) is 11.5 Å². The van der Waals surface area contributed by atoms with Crippen LogP contribution in [0.3, 0.4) is 0 Å². The first kappa shape index (κ1) is 36.7. The fourth-order valence-corrected chi connectivity index (χ4v) is 2.45. The van der Waals surface area contributed by atoms with Gasteiger partial charge in [-0.25, -0.2) is 4.98 Å². The summed E-state index contributed by atoms with van der Waals surface area (Å²) in [6.45, 7) is 0. The quantitative estimate of drug-likeness (QED) is 0.196. The predicted molar refractivity (Wildman–Crippen MR) is 113 cm³/mol. The molecule has 0 bridgehead atoms. The Bertz CT molecular complexity index is 1070. The maximum Gasteiger partial charge on any atom is 3.00 e. The third-order valence-electron chi connectivity index (χ3n) is 3.92. The van der Waals surface area contributed by atoms with Crippen molar-refractivity contribution in [3.63, 3.8) is 0 Å². The molecular formula is C21H19Cl3CrN5O5. The van der Waals surface area contributed by atoms with Crippen LogP contribution in [0.2, 0.25) is 0 Å². The zero-order valence-electron chi connectivity index (χ0n) is 18.3. The number of ether oxygens (including phenoxy) is 2. The van der Waals surface area contributed by atoms with E-state index < -0.39 is 0 Å². The number of aromatic nitrogens is 1. The Labute approximate surface area is 230 Å². The summed E-state index contributed by atoms with van der Waals surface area (Å²) in [4.78, 5) is 26.2. The van der Waals surface area contributed by atoms with E-state index in [2.05, 4.69) is 25.4 Å². The minimum Gasteiger partial charge on any atom is -1.00 e. The number of carbonyl (C=O) groups excluding carboxylic acids is 2. The van der Waals surface area contributed by atoms with E-state index in [-0.39, 0.29) is 60.1 Å². The molecule has 185 valence electrons. The number of methoxy groups -OCH3 is 2. The molecule has 3 rings (SSSR count). The van der Waals surface area contributed by atoms with E-state index in [0.29, 0.717) is 58.2 Å². The van der Waals surface area contributed by atoms with E-state index >= 15 is 0 Å². The average Bonchev–Trinajstić information content (AvgIpc) is 2.81. The molecule has 0 saturated carbocycles. The minimum absolute atomic E-state index is 0. The molecule has 3 aromatic rings. The fraction of sp³-hybridized carbons (Fsp3) is 0.0952. The van der Waals surface area contributed by atoms with Gasteiger partial charge in [-0.2, -0.15) is 0 Å². The smallest absolute Gasteiger partial charge is 1.00 e. The second kappa shape index (κ2) is 18.4. The summed E-state index contributed by atoms with van der Waals surface area (Å²) in [5.41, 5.74) is 1.69. The van der Waals surface area contributed by atoms with Crippen molar-refractivity contribution >= 4 is 35.6 Å². The molecule has 0 aliphatic carbocycles. The summed E-state index contributed by atoms with van der Waals surface area (Å²) in [5, 5.41) is 16.4. The van der Waals surface area contributed by atoms with Gasteiger partial charge in [-0.1, -0.05) is 6.07 Å². The Morgan fingerprint density at radius 3 is 1.43 bits per heavy atom. The molecule has 0 aliphatic rings. The molecule has 0 atom stereocenters. The summed E-state index contributed by atoms with van der Waals surface area (Å²) >= 11 is 0. The van der Waals surface area contributed by atoms with Gasteiger partial charge in [0, 0.05) is 11.1 Å². The molecule has 0 spiro atoms. The number of hydrogen-bond donors (Lipinski definition) is 0. The van der Waals surface area contributed by atoms with E-state index in [0.717, 1.165) is 0 Å². The molecule has 2 N–H and O–H groups in total. The molecule has 10 nitrogen and oxygen atoms in total. The van der Waals surface area contributed by atoms with Gasteiger partial charge < -0.3 is 52.2 Å². The Balaban J connectivity index is -0.00000205. The summed E-state index contributed by atoms with van der Waals surface area (Å²) in [7, 11) is 3.00. The van der Waals surface area contributed by atoms with Crippen molar-refractivity contribution in [1.29, 1.82) is 0 Å². The van der Waals surface area contributed by atoms with Gasteiger partial charge in [-0.3, -0.25) is 9.59 Å². The maximum absolute atomic E-state index is 11.0. The van der Waals surface area contributed by atoms with Crippen molar-refractivity contribution in [1.82, 2.24) is 4.98 Å². The molecular weight excluding hydrogens is 561 g/mol. The van der Waals surface area contributed by atoms with E-state index in [4.69, 9.17) is 9.47 Å². The summed E-state index contributed by atoms with van der Waals surface area (Å²) < 4.78 is 10.4. The van der Waals surface area contributed by atoms with Crippen LogP contribution in [0, 0.1) is 0 Å². The van der Waals surface area contributed by atoms with Crippen LogP contribution in [0.5, 0.6) is 11.5 Å². The van der Waals surface area contributed by atoms with Gasteiger partial charge in [0.15, 0.2) is 11.6 Å². The van der Waals surface area contributed by atoms with Gasteiger partial charge in [0.1, 0.15) is 35.4 Å². The number of benzene rings is 2. The summed E-state index contributed by atoms with van der Waals surface area (Å²) in [6.07, 6.45) is 1.43. The maximum atomic E-state index is 11.0. The molecule has 35 heavy (non-hydrogen) atoms. The van der Waals surface area contributed by atoms with Crippen molar-refractivity contribution in [2.24, 2.45) is 20.5 Å². The third kappa shape index (κ3) is 10.1. The van der Waals surface area contributed by atoms with Crippen LogP contribution in [0.1, 0.15) is 20.7 Å². The molecule has 1 heterocycles. The van der Waals surface area contributed by atoms with Crippen LogP contribution in [0.25, 0.3) is 0 Å². The topological polar surface area (TPSA) is 146 Å². The zero-order chi connectivity index (χ0) is 21.3. The van der Waals surface area contributed by atoms with Crippen LogP contribution in [-0.4, -0.2) is 37.3 Å². The Hall–Kier alpha value is -2.91.